The van der Waals surface area contributed by atoms with E-state index in [0.717, 1.165) is 12.7 Å². The predicted octanol–water partition coefficient (Wildman–Crippen LogP) is 9.41. The molecule has 0 aliphatic carbocycles. The van der Waals surface area contributed by atoms with Crippen LogP contribution in [0.1, 0.15) is 28.4 Å². The van der Waals surface area contributed by atoms with Crippen molar-refractivity contribution in [3.05, 3.63) is 92.4 Å². The third-order valence-electron chi connectivity index (χ3n) is 7.76. The average Bonchev–Trinajstić information content (AvgIpc) is 3.67. The zero-order valence-electron chi connectivity index (χ0n) is 29.4. The van der Waals surface area contributed by atoms with E-state index in [4.69, 9.17) is 29.9 Å². The molecule has 6 rings (SSSR count). The van der Waals surface area contributed by atoms with Crippen LogP contribution in [-0.2, 0) is 16.2 Å². The number of alkyl halides is 1. The Morgan fingerprint density at radius 1 is 0.750 bits per heavy atom. The van der Waals surface area contributed by atoms with Crippen LogP contribution >= 0.6 is 11.6 Å². The summed E-state index contributed by atoms with van der Waals surface area (Å²) in [5.41, 5.74) is 0.873. The molecule has 0 atom stereocenters. The number of hydrogen-bond donors (Lipinski definition) is 1. The third-order valence-corrected chi connectivity index (χ3v) is 11.3. The topological polar surface area (TPSA) is 134 Å². The van der Waals surface area contributed by atoms with Crippen LogP contribution in [0.15, 0.2) is 67.0 Å². The van der Waals surface area contributed by atoms with Crippen LogP contribution in [0.4, 0.5) is 8.78 Å². The van der Waals surface area contributed by atoms with Crippen LogP contribution in [0.3, 0.4) is 0 Å². The monoisotopic (exact) mass is 774 g/mol. The molecular weight excluding hydrogens is 730 g/mol. The molecule has 0 aliphatic heterocycles. The Morgan fingerprint density at radius 2 is 1.29 bits per heavy atom. The SMILES string of the molecule is C.C[Si](C)(C)CCOCCl.C[Si](C)(C)CCOCn1c(C=O)cc2c(=O)oc3ccc(F)cc3c21.O=Cc1cc2c(=O)oc3ccc(F)cc3c2[nH]1. The van der Waals surface area contributed by atoms with E-state index in [1.54, 1.807) is 4.57 Å². The van der Waals surface area contributed by atoms with Gasteiger partial charge in [0.25, 0.3) is 0 Å². The number of aromatic amines is 1. The van der Waals surface area contributed by atoms with Gasteiger partial charge in [-0.1, -0.05) is 58.3 Å². The van der Waals surface area contributed by atoms with Crippen LogP contribution in [-0.4, -0.2) is 57.6 Å². The van der Waals surface area contributed by atoms with E-state index in [0.29, 0.717) is 52.7 Å². The second-order valence-corrected chi connectivity index (χ2v) is 25.7. The Bertz CT molecular complexity index is 2280. The molecule has 280 valence electrons. The highest BCUT2D eigenvalue weighted by atomic mass is 35.5. The lowest BCUT2D eigenvalue weighted by Crippen LogP contribution is -2.22. The maximum atomic E-state index is 13.7. The highest BCUT2D eigenvalue weighted by Gasteiger charge is 2.18. The lowest BCUT2D eigenvalue weighted by atomic mass is 10.2. The molecule has 0 fully saturated rings. The van der Waals surface area contributed by atoms with Crippen molar-refractivity contribution in [1.29, 1.82) is 0 Å². The molecule has 1 N–H and O–H groups in total. The summed E-state index contributed by atoms with van der Waals surface area (Å²) in [6, 6.07) is 13.2. The van der Waals surface area contributed by atoms with Crippen molar-refractivity contribution in [2.45, 2.75) is 65.5 Å². The van der Waals surface area contributed by atoms with Gasteiger partial charge < -0.3 is 27.9 Å². The van der Waals surface area contributed by atoms with Crippen LogP contribution in [0.5, 0.6) is 0 Å². The number of carbonyl (C=O) groups excluding carboxylic acids is 2. The van der Waals surface area contributed by atoms with Gasteiger partial charge in [-0.05, 0) is 60.6 Å². The van der Waals surface area contributed by atoms with E-state index in [2.05, 4.69) is 44.3 Å². The van der Waals surface area contributed by atoms with Crippen LogP contribution in [0.25, 0.3) is 43.7 Å². The number of fused-ring (bicyclic) bond motifs is 6. The van der Waals surface area contributed by atoms with Crippen LogP contribution < -0.4 is 11.3 Å². The summed E-state index contributed by atoms with van der Waals surface area (Å²) < 4.78 is 49.5. The first-order chi connectivity index (χ1) is 24.0. The van der Waals surface area contributed by atoms with Gasteiger partial charge in [0.2, 0.25) is 0 Å². The van der Waals surface area contributed by atoms with Crippen LogP contribution in [0.2, 0.25) is 51.4 Å². The maximum absolute atomic E-state index is 13.7. The largest absolute Gasteiger partial charge is 0.422 e. The van der Waals surface area contributed by atoms with Gasteiger partial charge in [0.15, 0.2) is 12.6 Å². The normalized spacial score (nSPS) is 11.6. The van der Waals surface area contributed by atoms with Crippen molar-refractivity contribution in [1.82, 2.24) is 9.55 Å². The number of halogens is 3. The van der Waals surface area contributed by atoms with E-state index < -0.39 is 39.0 Å². The van der Waals surface area contributed by atoms with Gasteiger partial charge in [-0.25, -0.2) is 18.4 Å². The van der Waals surface area contributed by atoms with Gasteiger partial charge in [-0.3, -0.25) is 9.59 Å². The first-order valence-corrected chi connectivity index (χ1v) is 24.1. The molecule has 2 aromatic carbocycles. The number of carbonyl (C=O) groups is 2. The van der Waals surface area contributed by atoms with Gasteiger partial charge in [-0.2, -0.15) is 0 Å². The van der Waals surface area contributed by atoms with Gasteiger partial charge in [0, 0.05) is 40.1 Å². The third kappa shape index (κ3) is 10.9. The fourth-order valence-electron chi connectivity index (χ4n) is 5.00. The molecule has 52 heavy (non-hydrogen) atoms. The molecule has 15 heteroatoms. The number of aldehydes is 2. The highest BCUT2D eigenvalue weighted by molar-refractivity contribution is 6.76. The van der Waals surface area contributed by atoms with Crippen molar-refractivity contribution in [2.75, 3.05) is 19.3 Å². The lowest BCUT2D eigenvalue weighted by Gasteiger charge is -2.16. The van der Waals surface area contributed by atoms with E-state index in [1.165, 1.54) is 54.6 Å². The molecule has 0 saturated heterocycles. The molecule has 4 aromatic heterocycles. The molecule has 0 aliphatic rings. The standard InChI is InChI=1S/C18H20FNO4Si.C12H6FNO3.C6H15ClOSi.CH4/c1-25(2,3)7-6-23-11-20-13(10-21)9-15-17(20)14-8-12(19)4-5-16(14)24-18(15)22;13-6-1-2-10-8(3-6)11-9(12(16)17-10)4-7(5-15)14-11;1-9(2,3)5-4-8-6-7;/h4-5,8-10H,6-7,11H2,1-3H3;1-5,14H;4-6H2,1-3H3;1H4. The number of aromatic nitrogens is 2. The molecule has 4 heterocycles. The minimum atomic E-state index is -1.23. The summed E-state index contributed by atoms with van der Waals surface area (Å²) in [6.45, 7) is 15.2. The fourth-order valence-corrected chi connectivity index (χ4v) is 6.63. The van der Waals surface area contributed by atoms with E-state index in [1.807, 2.05) is 0 Å². The second-order valence-electron chi connectivity index (χ2n) is 14.2. The zero-order valence-corrected chi connectivity index (χ0v) is 32.1. The minimum Gasteiger partial charge on any atom is -0.422 e. The highest BCUT2D eigenvalue weighted by Crippen LogP contribution is 2.27. The van der Waals surface area contributed by atoms with E-state index >= 15 is 0 Å². The average molecular weight is 775 g/mol. The summed E-state index contributed by atoms with van der Waals surface area (Å²) in [6.07, 6.45) is 1.25. The van der Waals surface area contributed by atoms with Gasteiger partial charge in [0.1, 0.15) is 35.6 Å². The van der Waals surface area contributed by atoms with Crippen molar-refractivity contribution in [3.63, 3.8) is 0 Å². The quantitative estimate of drug-likeness (QED) is 0.0453. The number of nitrogens with zero attached hydrogens (tertiary/aromatic N) is 1. The first kappa shape index (κ1) is 42.2. The number of rotatable bonds is 11. The van der Waals surface area contributed by atoms with Gasteiger partial charge >= 0.3 is 11.3 Å². The van der Waals surface area contributed by atoms with Crippen molar-refractivity contribution >= 4 is 84.1 Å². The second kappa shape index (κ2) is 18.0. The number of hydrogen-bond acceptors (Lipinski definition) is 8. The zero-order chi connectivity index (χ0) is 37.5. The molecule has 0 amide bonds. The van der Waals surface area contributed by atoms with Crippen molar-refractivity contribution < 1.29 is 36.7 Å². The van der Waals surface area contributed by atoms with Crippen LogP contribution in [0, 0.1) is 11.6 Å². The lowest BCUT2D eigenvalue weighted by molar-refractivity contribution is 0.0864. The number of ether oxygens (including phenoxy) is 2. The fraction of sp³-hybridized carbons (Fsp3) is 0.351. The van der Waals surface area contributed by atoms with Crippen molar-refractivity contribution in [2.24, 2.45) is 0 Å². The Hall–Kier alpha value is -4.22. The van der Waals surface area contributed by atoms with E-state index in [9.17, 15) is 28.0 Å². The molecular formula is C37H45ClF2N2O8Si2. The Morgan fingerprint density at radius 3 is 1.83 bits per heavy atom. The molecule has 10 nitrogen and oxygen atoms in total. The molecule has 0 unspecified atom stereocenters. The molecule has 0 spiro atoms. The van der Waals surface area contributed by atoms with Gasteiger partial charge in [-0.15, -0.1) is 0 Å². The predicted molar refractivity (Wildman–Crippen MR) is 209 cm³/mol. The first-order valence-electron chi connectivity index (χ1n) is 16.2. The maximum Gasteiger partial charge on any atom is 0.345 e. The summed E-state index contributed by atoms with van der Waals surface area (Å²) in [5, 5.41) is 1.36. The Labute approximate surface area is 306 Å². The molecule has 0 bridgehead atoms. The minimum absolute atomic E-state index is 0. The number of nitrogens with one attached hydrogen (secondary N) is 1. The summed E-state index contributed by atoms with van der Waals surface area (Å²) in [7, 11) is -2.11. The summed E-state index contributed by atoms with van der Waals surface area (Å²) in [5.74, 6) is -0.877. The Balaban J connectivity index is 0.000000233. The van der Waals surface area contributed by atoms with E-state index in [-0.39, 0.29) is 41.8 Å². The van der Waals surface area contributed by atoms with Crippen molar-refractivity contribution in [3.8, 4) is 0 Å². The number of benzene rings is 2. The summed E-state index contributed by atoms with van der Waals surface area (Å²) >= 11 is 5.32. The molecule has 0 radical (unpaired) electrons. The van der Waals surface area contributed by atoms with Gasteiger partial charge in [0.05, 0.1) is 33.2 Å². The Kier molecular flexibility index (Phi) is 14.6. The molecule has 0 saturated carbocycles. The summed E-state index contributed by atoms with van der Waals surface area (Å²) in [4.78, 5) is 48.6. The number of H-pyrrole nitrogens is 1. The molecule has 6 aromatic rings. The smallest absolute Gasteiger partial charge is 0.345 e.